The average molecular weight is 285 g/mol. The summed E-state index contributed by atoms with van der Waals surface area (Å²) in [6, 6.07) is 1.59. The van der Waals surface area contributed by atoms with Crippen molar-refractivity contribution >= 4 is 28.7 Å². The fraction of sp³-hybridized carbons (Fsp3) is 0.182. The van der Waals surface area contributed by atoms with Gasteiger partial charge in [0.15, 0.2) is 0 Å². The van der Waals surface area contributed by atoms with Crippen molar-refractivity contribution in [3.05, 3.63) is 53.9 Å². The van der Waals surface area contributed by atoms with Crippen molar-refractivity contribution in [3.63, 3.8) is 0 Å². The molecule has 7 heteroatoms. The number of ketones is 1. The molecule has 0 aliphatic rings. The number of nitrogens with zero attached hydrogens (tertiary/aromatic N) is 2. The molecule has 18 heavy (non-hydrogen) atoms. The molecule has 94 valence electrons. The van der Waals surface area contributed by atoms with E-state index in [2.05, 4.69) is 0 Å². The molecule has 0 atom stereocenters. The van der Waals surface area contributed by atoms with E-state index in [1.54, 1.807) is 11.4 Å². The number of hydrogen-bond acceptors (Lipinski definition) is 4. The Morgan fingerprint density at radius 2 is 2.00 bits per heavy atom. The molecule has 0 saturated carbocycles. The van der Waals surface area contributed by atoms with Crippen molar-refractivity contribution in [3.8, 4) is 0 Å². The number of aromatic nitrogens is 2. The Morgan fingerprint density at radius 1 is 1.33 bits per heavy atom. The monoisotopic (exact) mass is 284 g/mol. The molecule has 5 nitrogen and oxygen atoms in total. The normalized spacial score (nSPS) is 10.6. The van der Waals surface area contributed by atoms with Crippen LogP contribution in [0.1, 0.15) is 15.2 Å². The van der Waals surface area contributed by atoms with Gasteiger partial charge in [0, 0.05) is 20.3 Å². The number of thiophene rings is 1. The number of halogens is 1. The minimum absolute atomic E-state index is 0.0658. The zero-order valence-electron chi connectivity index (χ0n) is 9.64. The van der Waals surface area contributed by atoms with Crippen LogP contribution < -0.4 is 11.2 Å². The van der Waals surface area contributed by atoms with Crippen LogP contribution in [0.2, 0.25) is 5.02 Å². The van der Waals surface area contributed by atoms with Gasteiger partial charge in [0.05, 0.1) is 9.90 Å². The molecule has 2 aromatic rings. The Balaban J connectivity index is 2.67. The van der Waals surface area contributed by atoms with E-state index < -0.39 is 17.0 Å². The van der Waals surface area contributed by atoms with Crippen molar-refractivity contribution in [2.24, 2.45) is 14.1 Å². The summed E-state index contributed by atoms with van der Waals surface area (Å²) in [6.07, 6.45) is 1.24. The van der Waals surface area contributed by atoms with Gasteiger partial charge in [-0.2, -0.15) is 0 Å². The Hall–Kier alpha value is -1.66. The molecule has 0 saturated heterocycles. The molecule has 0 amide bonds. The van der Waals surface area contributed by atoms with E-state index in [4.69, 9.17) is 11.6 Å². The van der Waals surface area contributed by atoms with Crippen molar-refractivity contribution in [1.29, 1.82) is 0 Å². The third kappa shape index (κ3) is 1.93. The zero-order chi connectivity index (χ0) is 13.4. The first kappa shape index (κ1) is 12.8. The van der Waals surface area contributed by atoms with Crippen LogP contribution in [-0.2, 0) is 14.1 Å². The topological polar surface area (TPSA) is 61.1 Å². The van der Waals surface area contributed by atoms with Gasteiger partial charge in [-0.15, -0.1) is 11.3 Å². The minimum Gasteiger partial charge on any atom is -0.303 e. The lowest BCUT2D eigenvalue weighted by Crippen LogP contribution is -2.39. The summed E-state index contributed by atoms with van der Waals surface area (Å²) in [5.74, 6) is -0.466. The number of hydrogen-bond donors (Lipinski definition) is 0. The number of aryl methyl sites for hydroxylation is 1. The van der Waals surface area contributed by atoms with Crippen LogP contribution in [0.4, 0.5) is 0 Å². The fourth-order valence-corrected chi connectivity index (χ4v) is 2.64. The second kappa shape index (κ2) is 4.55. The van der Waals surface area contributed by atoms with Crippen molar-refractivity contribution in [2.45, 2.75) is 0 Å². The van der Waals surface area contributed by atoms with Gasteiger partial charge in [0.2, 0.25) is 5.78 Å². The summed E-state index contributed by atoms with van der Waals surface area (Å²) in [7, 11) is 2.81. The molecule has 2 rings (SSSR count). The fourth-order valence-electron chi connectivity index (χ4n) is 1.54. The van der Waals surface area contributed by atoms with Gasteiger partial charge in [-0.3, -0.25) is 14.2 Å². The number of carbonyl (C=O) groups excluding carboxylic acids is 1. The first-order chi connectivity index (χ1) is 8.43. The van der Waals surface area contributed by atoms with Crippen LogP contribution in [0.5, 0.6) is 0 Å². The summed E-state index contributed by atoms with van der Waals surface area (Å²) >= 11 is 7.02. The molecular formula is C11H9ClN2O3S. The van der Waals surface area contributed by atoms with Crippen LogP contribution in [0, 0.1) is 0 Å². The van der Waals surface area contributed by atoms with E-state index >= 15 is 0 Å². The van der Waals surface area contributed by atoms with Crippen LogP contribution in [0.25, 0.3) is 0 Å². The molecule has 0 N–H and O–H groups in total. The van der Waals surface area contributed by atoms with Gasteiger partial charge in [0.25, 0.3) is 5.56 Å². The first-order valence-electron chi connectivity index (χ1n) is 4.98. The van der Waals surface area contributed by atoms with Gasteiger partial charge in [-0.25, -0.2) is 4.79 Å². The molecule has 0 bridgehead atoms. The molecule has 0 radical (unpaired) electrons. The second-order valence-electron chi connectivity index (χ2n) is 3.73. The molecule has 2 aromatic heterocycles. The maximum atomic E-state index is 12.2. The second-order valence-corrected chi connectivity index (χ2v) is 5.05. The standard InChI is InChI=1S/C11H9ClN2O3S/c1-13-5-6(10(16)14(2)11(13)17)8(15)9-7(12)3-4-18-9/h3-5H,1-2H3. The first-order valence-corrected chi connectivity index (χ1v) is 6.23. The Morgan fingerprint density at radius 3 is 2.56 bits per heavy atom. The van der Waals surface area contributed by atoms with Crippen molar-refractivity contribution < 1.29 is 4.79 Å². The van der Waals surface area contributed by atoms with Crippen molar-refractivity contribution in [2.75, 3.05) is 0 Å². The summed E-state index contributed by atoms with van der Waals surface area (Å²) in [5.41, 5.74) is -1.16. The molecule has 0 fully saturated rings. The van der Waals surface area contributed by atoms with Gasteiger partial charge in [0.1, 0.15) is 5.56 Å². The van der Waals surface area contributed by atoms with Gasteiger partial charge >= 0.3 is 5.69 Å². The quantitative estimate of drug-likeness (QED) is 0.774. The van der Waals surface area contributed by atoms with Gasteiger partial charge in [-0.05, 0) is 11.4 Å². The van der Waals surface area contributed by atoms with Crippen LogP contribution in [-0.4, -0.2) is 14.9 Å². The molecule has 2 heterocycles. The number of rotatable bonds is 2. The van der Waals surface area contributed by atoms with E-state index in [1.165, 1.54) is 24.9 Å². The van der Waals surface area contributed by atoms with Gasteiger partial charge in [-0.1, -0.05) is 11.6 Å². The molecule has 0 aromatic carbocycles. The van der Waals surface area contributed by atoms with E-state index in [0.717, 1.165) is 15.9 Å². The van der Waals surface area contributed by atoms with Crippen LogP contribution in [0.3, 0.4) is 0 Å². The Bertz CT molecular complexity index is 741. The molecule has 0 aliphatic heterocycles. The summed E-state index contributed by atoms with van der Waals surface area (Å²) < 4.78 is 2.09. The Labute approximate surface area is 111 Å². The number of carbonyl (C=O) groups is 1. The van der Waals surface area contributed by atoms with E-state index in [9.17, 15) is 14.4 Å². The lowest BCUT2D eigenvalue weighted by atomic mass is 10.2. The highest BCUT2D eigenvalue weighted by molar-refractivity contribution is 7.13. The van der Waals surface area contributed by atoms with E-state index in [0.29, 0.717) is 9.90 Å². The van der Waals surface area contributed by atoms with E-state index in [1.807, 2.05) is 0 Å². The lowest BCUT2D eigenvalue weighted by molar-refractivity contribution is 0.103. The summed E-state index contributed by atoms with van der Waals surface area (Å²) in [6.45, 7) is 0. The summed E-state index contributed by atoms with van der Waals surface area (Å²) in [4.78, 5) is 35.8. The van der Waals surface area contributed by atoms with Crippen LogP contribution >= 0.6 is 22.9 Å². The molecule has 0 spiro atoms. The highest BCUT2D eigenvalue weighted by atomic mass is 35.5. The largest absolute Gasteiger partial charge is 0.330 e. The maximum Gasteiger partial charge on any atom is 0.330 e. The Kier molecular flexibility index (Phi) is 3.23. The SMILES string of the molecule is Cn1cc(C(=O)c2sccc2Cl)c(=O)n(C)c1=O. The lowest BCUT2D eigenvalue weighted by Gasteiger charge is -2.05. The predicted molar refractivity (Wildman–Crippen MR) is 69.7 cm³/mol. The summed E-state index contributed by atoms with van der Waals surface area (Å²) in [5, 5.41) is 1.98. The smallest absolute Gasteiger partial charge is 0.303 e. The third-order valence-corrected chi connectivity index (χ3v) is 3.85. The predicted octanol–water partition coefficient (Wildman–Crippen LogP) is 1.03. The minimum atomic E-state index is -0.618. The van der Waals surface area contributed by atoms with Gasteiger partial charge < -0.3 is 4.57 Å². The highest BCUT2D eigenvalue weighted by Crippen LogP contribution is 2.23. The van der Waals surface area contributed by atoms with Crippen molar-refractivity contribution in [1.82, 2.24) is 9.13 Å². The highest BCUT2D eigenvalue weighted by Gasteiger charge is 2.19. The third-order valence-electron chi connectivity index (χ3n) is 2.51. The van der Waals surface area contributed by atoms with E-state index in [-0.39, 0.29) is 5.56 Å². The molecular weight excluding hydrogens is 276 g/mol. The molecule has 0 unspecified atom stereocenters. The van der Waals surface area contributed by atoms with Crippen LogP contribution in [0.15, 0.2) is 27.2 Å². The zero-order valence-corrected chi connectivity index (χ0v) is 11.2. The maximum absolute atomic E-state index is 12.2. The average Bonchev–Trinajstić information content (AvgIpc) is 2.76. The molecule has 0 aliphatic carbocycles.